The van der Waals surface area contributed by atoms with Gasteiger partial charge in [-0.05, 0) is 59.3 Å². The normalized spacial score (nSPS) is 17.3. The van der Waals surface area contributed by atoms with E-state index in [0.29, 0.717) is 25.2 Å². The SMILES string of the molecule is O=C(c1ccccc1Br)N1CCN(Cc2nc3sc4c(c3c(=O)[nH]2)CCCC4)CC1. The molecule has 1 aliphatic heterocycles. The highest BCUT2D eigenvalue weighted by molar-refractivity contribution is 9.10. The van der Waals surface area contributed by atoms with Crippen molar-refractivity contribution in [3.63, 3.8) is 0 Å². The van der Waals surface area contributed by atoms with Gasteiger partial charge in [0.15, 0.2) is 0 Å². The molecule has 8 heteroatoms. The molecule has 0 spiro atoms. The zero-order chi connectivity index (χ0) is 20.7. The van der Waals surface area contributed by atoms with E-state index in [4.69, 9.17) is 4.98 Å². The Morgan fingerprint density at radius 2 is 1.90 bits per heavy atom. The molecule has 2 aromatic heterocycles. The van der Waals surface area contributed by atoms with E-state index in [1.807, 2.05) is 29.2 Å². The summed E-state index contributed by atoms with van der Waals surface area (Å²) in [5.74, 6) is 0.774. The van der Waals surface area contributed by atoms with Crippen LogP contribution in [-0.2, 0) is 19.4 Å². The zero-order valence-electron chi connectivity index (χ0n) is 16.6. The van der Waals surface area contributed by atoms with Crippen molar-refractivity contribution in [1.82, 2.24) is 19.8 Å². The number of hydrogen-bond donors (Lipinski definition) is 1. The van der Waals surface area contributed by atoms with Crippen LogP contribution in [0, 0.1) is 0 Å². The molecule has 156 valence electrons. The van der Waals surface area contributed by atoms with Gasteiger partial charge in [-0.2, -0.15) is 0 Å². The van der Waals surface area contributed by atoms with Gasteiger partial charge in [-0.3, -0.25) is 14.5 Å². The van der Waals surface area contributed by atoms with Gasteiger partial charge in [-0.15, -0.1) is 11.3 Å². The summed E-state index contributed by atoms with van der Waals surface area (Å²) in [6, 6.07) is 7.54. The highest BCUT2D eigenvalue weighted by Crippen LogP contribution is 2.33. The fraction of sp³-hybridized carbons (Fsp3) is 0.409. The predicted octanol–water partition coefficient (Wildman–Crippen LogP) is 3.58. The molecular weight excluding hydrogens is 464 g/mol. The van der Waals surface area contributed by atoms with Crippen molar-refractivity contribution < 1.29 is 4.79 Å². The van der Waals surface area contributed by atoms with Crippen LogP contribution in [-0.4, -0.2) is 51.9 Å². The number of aromatic amines is 1. The number of amides is 1. The second kappa shape index (κ2) is 8.24. The molecule has 1 saturated heterocycles. The Bertz CT molecular complexity index is 1160. The fourth-order valence-electron chi connectivity index (χ4n) is 4.41. The first-order chi connectivity index (χ1) is 14.6. The minimum Gasteiger partial charge on any atom is -0.336 e. The number of benzene rings is 1. The van der Waals surface area contributed by atoms with Crippen molar-refractivity contribution in [3.05, 3.63) is 60.9 Å². The van der Waals surface area contributed by atoms with Crippen molar-refractivity contribution >= 4 is 43.4 Å². The summed E-state index contributed by atoms with van der Waals surface area (Å²) in [6.45, 7) is 3.46. The van der Waals surface area contributed by atoms with Crippen LogP contribution >= 0.6 is 27.3 Å². The highest BCUT2D eigenvalue weighted by Gasteiger charge is 2.25. The fourth-order valence-corrected chi connectivity index (χ4v) is 6.14. The molecule has 1 amide bonds. The Labute approximate surface area is 187 Å². The molecule has 1 fully saturated rings. The topological polar surface area (TPSA) is 69.3 Å². The number of halogens is 1. The minimum atomic E-state index is -0.00265. The smallest absolute Gasteiger partial charge is 0.259 e. The van der Waals surface area contributed by atoms with Gasteiger partial charge >= 0.3 is 0 Å². The second-order valence-electron chi connectivity index (χ2n) is 7.95. The number of carbonyl (C=O) groups excluding carboxylic acids is 1. The molecular formula is C22H23BrN4O2S. The van der Waals surface area contributed by atoms with E-state index in [1.165, 1.54) is 16.9 Å². The number of carbonyl (C=O) groups is 1. The third-order valence-electron chi connectivity index (χ3n) is 6.01. The lowest BCUT2D eigenvalue weighted by atomic mass is 9.97. The summed E-state index contributed by atoms with van der Waals surface area (Å²) in [6.07, 6.45) is 4.42. The van der Waals surface area contributed by atoms with Crippen molar-refractivity contribution in [2.45, 2.75) is 32.2 Å². The van der Waals surface area contributed by atoms with Gasteiger partial charge < -0.3 is 9.88 Å². The first kappa shape index (κ1) is 19.9. The molecule has 0 saturated carbocycles. The zero-order valence-corrected chi connectivity index (χ0v) is 19.0. The van der Waals surface area contributed by atoms with E-state index in [0.717, 1.165) is 52.9 Å². The molecule has 0 unspecified atom stereocenters. The van der Waals surface area contributed by atoms with Gasteiger partial charge in [0.25, 0.3) is 11.5 Å². The molecule has 0 atom stereocenters. The lowest BCUT2D eigenvalue weighted by molar-refractivity contribution is 0.0624. The summed E-state index contributed by atoms with van der Waals surface area (Å²) >= 11 is 5.15. The number of thiophene rings is 1. The van der Waals surface area contributed by atoms with E-state index in [2.05, 4.69) is 25.8 Å². The molecule has 3 heterocycles. The maximum Gasteiger partial charge on any atom is 0.259 e. The molecule has 6 nitrogen and oxygen atoms in total. The number of aromatic nitrogens is 2. The van der Waals surface area contributed by atoms with E-state index in [-0.39, 0.29) is 11.5 Å². The predicted molar refractivity (Wildman–Crippen MR) is 122 cm³/mol. The monoisotopic (exact) mass is 486 g/mol. The quantitative estimate of drug-likeness (QED) is 0.614. The molecule has 2 aliphatic rings. The van der Waals surface area contributed by atoms with Crippen LogP contribution in [0.2, 0.25) is 0 Å². The molecule has 5 rings (SSSR count). The van der Waals surface area contributed by atoms with Crippen LogP contribution in [0.25, 0.3) is 10.2 Å². The largest absolute Gasteiger partial charge is 0.336 e. The number of H-pyrrole nitrogens is 1. The minimum absolute atomic E-state index is 0.00265. The standard InChI is InChI=1S/C22H23BrN4O2S/c23-16-7-3-1-5-14(16)22(29)27-11-9-26(10-12-27)13-18-24-20(28)19-15-6-2-4-8-17(15)30-21(19)25-18/h1,3,5,7H,2,4,6,8-13H2,(H,24,25,28). The lowest BCUT2D eigenvalue weighted by Gasteiger charge is -2.34. The third kappa shape index (κ3) is 3.72. The van der Waals surface area contributed by atoms with Crippen molar-refractivity contribution in [1.29, 1.82) is 0 Å². The van der Waals surface area contributed by atoms with Gasteiger partial charge in [0.2, 0.25) is 0 Å². The maximum atomic E-state index is 12.8. The van der Waals surface area contributed by atoms with Gasteiger partial charge in [0.1, 0.15) is 10.7 Å². The van der Waals surface area contributed by atoms with E-state index in [1.54, 1.807) is 11.3 Å². The Kier molecular flexibility index (Phi) is 5.47. The van der Waals surface area contributed by atoms with Crippen molar-refractivity contribution in [3.8, 4) is 0 Å². The lowest BCUT2D eigenvalue weighted by Crippen LogP contribution is -2.48. The van der Waals surface area contributed by atoms with Crippen LogP contribution in [0.3, 0.4) is 0 Å². The molecule has 30 heavy (non-hydrogen) atoms. The van der Waals surface area contributed by atoms with Gasteiger partial charge in [0.05, 0.1) is 17.5 Å². The highest BCUT2D eigenvalue weighted by atomic mass is 79.9. The summed E-state index contributed by atoms with van der Waals surface area (Å²) in [7, 11) is 0. The van der Waals surface area contributed by atoms with Crippen LogP contribution < -0.4 is 5.56 Å². The van der Waals surface area contributed by atoms with E-state index >= 15 is 0 Å². The number of nitrogens with one attached hydrogen (secondary N) is 1. The molecule has 1 aliphatic carbocycles. The van der Waals surface area contributed by atoms with Crippen LogP contribution in [0.15, 0.2) is 33.5 Å². The number of aryl methyl sites for hydroxylation is 2. The Morgan fingerprint density at radius 1 is 1.13 bits per heavy atom. The first-order valence-electron chi connectivity index (χ1n) is 10.4. The van der Waals surface area contributed by atoms with Gasteiger partial charge in [-0.1, -0.05) is 12.1 Å². The van der Waals surface area contributed by atoms with E-state index in [9.17, 15) is 9.59 Å². The number of piperazine rings is 1. The molecule has 1 N–H and O–H groups in total. The maximum absolute atomic E-state index is 12.8. The number of hydrogen-bond acceptors (Lipinski definition) is 5. The molecule has 0 radical (unpaired) electrons. The van der Waals surface area contributed by atoms with Crippen LogP contribution in [0.5, 0.6) is 0 Å². The summed E-state index contributed by atoms with van der Waals surface area (Å²) in [4.78, 5) is 39.7. The van der Waals surface area contributed by atoms with E-state index < -0.39 is 0 Å². The van der Waals surface area contributed by atoms with Crippen molar-refractivity contribution in [2.75, 3.05) is 26.2 Å². The number of nitrogens with zero attached hydrogens (tertiary/aromatic N) is 3. The number of rotatable bonds is 3. The average molecular weight is 487 g/mol. The number of fused-ring (bicyclic) bond motifs is 3. The van der Waals surface area contributed by atoms with Crippen LogP contribution in [0.1, 0.15) is 39.5 Å². The summed E-state index contributed by atoms with van der Waals surface area (Å²) < 4.78 is 0.825. The van der Waals surface area contributed by atoms with Gasteiger partial charge in [-0.25, -0.2) is 4.98 Å². The molecule has 1 aromatic carbocycles. The summed E-state index contributed by atoms with van der Waals surface area (Å²) in [5.41, 5.74) is 1.92. The van der Waals surface area contributed by atoms with Crippen LogP contribution in [0.4, 0.5) is 0 Å². The Morgan fingerprint density at radius 3 is 2.70 bits per heavy atom. The van der Waals surface area contributed by atoms with Gasteiger partial charge in [0, 0.05) is 35.5 Å². The third-order valence-corrected chi connectivity index (χ3v) is 7.89. The average Bonchev–Trinajstić information content (AvgIpc) is 3.13. The second-order valence-corrected chi connectivity index (χ2v) is 9.89. The Hall–Kier alpha value is -2.03. The molecule has 0 bridgehead atoms. The summed E-state index contributed by atoms with van der Waals surface area (Å²) in [5, 5.41) is 0.808. The molecule has 3 aromatic rings. The Balaban J connectivity index is 1.28. The first-order valence-corrected chi connectivity index (χ1v) is 12.0. The van der Waals surface area contributed by atoms with Crippen molar-refractivity contribution in [2.24, 2.45) is 0 Å².